The molecule has 3 aromatic heterocycles. The summed E-state index contributed by atoms with van der Waals surface area (Å²) in [4.78, 5) is 11.7. The lowest BCUT2D eigenvalue weighted by Crippen LogP contribution is -2.24. The molecule has 0 aromatic carbocycles. The molecule has 3 aromatic rings. The van der Waals surface area contributed by atoms with Gasteiger partial charge in [0.1, 0.15) is 23.8 Å². The zero-order valence-electron chi connectivity index (χ0n) is 19.2. The second-order valence-electron chi connectivity index (χ2n) is 8.28. The maximum absolute atomic E-state index is 13.1. The van der Waals surface area contributed by atoms with Crippen molar-refractivity contribution >= 4 is 22.7 Å². The molecule has 0 saturated carbocycles. The summed E-state index contributed by atoms with van der Waals surface area (Å²) in [5, 5.41) is 14.9. The molecule has 7 nitrogen and oxygen atoms in total. The summed E-state index contributed by atoms with van der Waals surface area (Å²) < 4.78 is 83.0. The van der Waals surface area contributed by atoms with Gasteiger partial charge in [-0.15, -0.1) is 0 Å². The second kappa shape index (κ2) is 10.3. The summed E-state index contributed by atoms with van der Waals surface area (Å²) in [6.45, 7) is 3.89. The van der Waals surface area contributed by atoms with E-state index in [1.54, 1.807) is 0 Å². The molecule has 0 saturated heterocycles. The van der Waals surface area contributed by atoms with Crippen molar-refractivity contribution in [1.29, 1.82) is 0 Å². The normalized spacial score (nSPS) is 14.2. The number of nitrogens with zero attached hydrogens (tertiary/aromatic N) is 3. The van der Waals surface area contributed by atoms with Crippen molar-refractivity contribution in [2.75, 3.05) is 23.8 Å². The number of anilines is 2. The molecular weight excluding hydrogens is 480 g/mol. The van der Waals surface area contributed by atoms with Crippen molar-refractivity contribution < 1.29 is 35.9 Å². The summed E-state index contributed by atoms with van der Waals surface area (Å²) in [5.74, 6) is -0.00944. The van der Waals surface area contributed by atoms with Gasteiger partial charge in [-0.1, -0.05) is 13.3 Å². The van der Waals surface area contributed by atoms with E-state index < -0.39 is 24.6 Å². The van der Waals surface area contributed by atoms with Crippen molar-refractivity contribution in [3.05, 3.63) is 29.7 Å². The third-order valence-electron chi connectivity index (χ3n) is 5.38. The van der Waals surface area contributed by atoms with Crippen molar-refractivity contribution in [1.82, 2.24) is 15.0 Å². The van der Waals surface area contributed by atoms with E-state index in [1.165, 1.54) is 13.0 Å². The number of hydrogen-bond acceptors (Lipinski definition) is 7. The fourth-order valence-electron chi connectivity index (χ4n) is 3.62. The molecule has 1 unspecified atom stereocenters. The Kier molecular flexibility index (Phi) is 7.77. The van der Waals surface area contributed by atoms with Crippen LogP contribution in [0.1, 0.15) is 38.1 Å². The lowest BCUT2D eigenvalue weighted by molar-refractivity contribution is -0.141. The number of aromatic nitrogens is 3. The van der Waals surface area contributed by atoms with Gasteiger partial charge in [-0.25, -0.2) is 9.97 Å². The smallest absolute Gasteiger partial charge is 0.433 e. The largest absolute Gasteiger partial charge is 0.454 e. The molecule has 0 aliphatic carbocycles. The van der Waals surface area contributed by atoms with Gasteiger partial charge in [-0.2, -0.15) is 31.3 Å². The zero-order chi connectivity index (χ0) is 26.0. The Morgan fingerprint density at radius 2 is 1.83 bits per heavy atom. The number of alkyl halides is 6. The van der Waals surface area contributed by atoms with Crippen LogP contribution in [0.15, 0.2) is 22.7 Å². The van der Waals surface area contributed by atoms with E-state index in [9.17, 15) is 31.4 Å². The van der Waals surface area contributed by atoms with Gasteiger partial charge in [0.25, 0.3) is 0 Å². The van der Waals surface area contributed by atoms with Crippen LogP contribution in [-0.2, 0) is 6.18 Å². The Labute approximate surface area is 197 Å². The molecule has 0 amide bonds. The van der Waals surface area contributed by atoms with Crippen LogP contribution in [-0.4, -0.2) is 45.4 Å². The first-order valence-electron chi connectivity index (χ1n) is 10.8. The quantitative estimate of drug-likeness (QED) is 0.317. The molecule has 3 rings (SSSR count). The van der Waals surface area contributed by atoms with Crippen LogP contribution in [0, 0.1) is 12.8 Å². The number of halogens is 6. The Balaban J connectivity index is 2.04. The van der Waals surface area contributed by atoms with Gasteiger partial charge in [-0.3, -0.25) is 0 Å². The number of rotatable bonds is 9. The predicted octanol–water partition coefficient (Wildman–Crippen LogP) is 5.80. The third-order valence-corrected chi connectivity index (χ3v) is 5.38. The Morgan fingerprint density at radius 3 is 2.43 bits per heavy atom. The molecule has 2 atom stereocenters. The fraction of sp³-hybridized carbons (Fsp3) is 0.500. The van der Waals surface area contributed by atoms with Gasteiger partial charge >= 0.3 is 12.4 Å². The predicted molar refractivity (Wildman–Crippen MR) is 118 cm³/mol. The summed E-state index contributed by atoms with van der Waals surface area (Å²) in [7, 11) is 0. The van der Waals surface area contributed by atoms with Crippen LogP contribution >= 0.6 is 0 Å². The Bertz CT molecular complexity index is 1160. The van der Waals surface area contributed by atoms with Gasteiger partial charge in [0.05, 0.1) is 17.5 Å². The van der Waals surface area contributed by atoms with E-state index in [4.69, 9.17) is 4.42 Å². The molecule has 3 heterocycles. The number of nitrogens with one attached hydrogen (secondary N) is 2. The minimum Gasteiger partial charge on any atom is -0.454 e. The first-order valence-corrected chi connectivity index (χ1v) is 10.8. The van der Waals surface area contributed by atoms with E-state index in [-0.39, 0.29) is 58.3 Å². The van der Waals surface area contributed by atoms with E-state index in [0.29, 0.717) is 12.8 Å². The molecule has 13 heteroatoms. The highest BCUT2D eigenvalue weighted by molar-refractivity contribution is 5.86. The van der Waals surface area contributed by atoms with Crippen LogP contribution < -0.4 is 10.6 Å². The number of pyridine rings is 1. The van der Waals surface area contributed by atoms with Crippen LogP contribution in [0.2, 0.25) is 0 Å². The number of aliphatic hydroxyl groups excluding tert-OH is 1. The highest BCUT2D eigenvalue weighted by Gasteiger charge is 2.33. The first-order chi connectivity index (χ1) is 16.3. The van der Waals surface area contributed by atoms with Crippen molar-refractivity contribution in [2.24, 2.45) is 5.92 Å². The van der Waals surface area contributed by atoms with Crippen LogP contribution in [0.4, 0.5) is 38.1 Å². The van der Waals surface area contributed by atoms with Crippen molar-refractivity contribution in [2.45, 2.75) is 52.0 Å². The average Bonchev–Trinajstić information content (AvgIpc) is 3.17. The maximum atomic E-state index is 13.1. The third kappa shape index (κ3) is 6.74. The minimum absolute atomic E-state index is 0.00947. The summed E-state index contributed by atoms with van der Waals surface area (Å²) >= 11 is 0. The van der Waals surface area contributed by atoms with Gasteiger partial charge in [-0.05, 0) is 38.3 Å². The van der Waals surface area contributed by atoms with Crippen molar-refractivity contribution in [3.8, 4) is 11.3 Å². The van der Waals surface area contributed by atoms with E-state index in [0.717, 1.165) is 12.3 Å². The molecule has 192 valence electrons. The van der Waals surface area contributed by atoms with Crippen molar-refractivity contribution in [3.63, 3.8) is 0 Å². The molecule has 0 spiro atoms. The number of hydrogen-bond donors (Lipinski definition) is 3. The average molecular weight is 505 g/mol. The lowest BCUT2D eigenvalue weighted by atomic mass is 9.99. The number of furan rings is 1. The fourth-order valence-corrected chi connectivity index (χ4v) is 3.62. The number of fused-ring (bicyclic) bond motifs is 1. The standard InChI is InChI=1S/C22H25F6N5O2/c1-4-13(9-34)5-11(2)31-19-18(12(3)32-20(33-19)30-10-21(23,24)25)15-6-14-7-17(22(26,27)28)29-8-16(14)35-15/h6-8,11,13,34H,4-5,9-10H2,1-3H3,(H2,30,31,32,33)/t11?,13-/m1/s1. The summed E-state index contributed by atoms with van der Waals surface area (Å²) in [6, 6.07) is 1.97. The molecule has 0 fully saturated rings. The Hall–Kier alpha value is -3.09. The van der Waals surface area contributed by atoms with Gasteiger partial charge in [0.15, 0.2) is 5.58 Å². The highest BCUT2D eigenvalue weighted by Crippen LogP contribution is 2.37. The number of aliphatic hydroxyl groups is 1. The first kappa shape index (κ1) is 26.5. The molecule has 0 radical (unpaired) electrons. The number of aryl methyl sites for hydroxylation is 1. The monoisotopic (exact) mass is 505 g/mol. The SMILES string of the molecule is CC[C@@H](CO)CC(C)Nc1nc(NCC(F)(F)F)nc(C)c1-c1cc2cc(C(F)(F)F)ncc2o1. The van der Waals surface area contributed by atoms with E-state index in [1.807, 2.05) is 13.8 Å². The molecular formula is C22H25F6N5O2. The van der Waals surface area contributed by atoms with E-state index in [2.05, 4.69) is 25.6 Å². The van der Waals surface area contributed by atoms with Gasteiger partial charge in [0.2, 0.25) is 5.95 Å². The molecule has 0 aliphatic rings. The van der Waals surface area contributed by atoms with Gasteiger partial charge in [0, 0.05) is 18.0 Å². The maximum Gasteiger partial charge on any atom is 0.433 e. The zero-order valence-corrected chi connectivity index (χ0v) is 19.2. The summed E-state index contributed by atoms with van der Waals surface area (Å²) in [5.41, 5.74) is -0.455. The van der Waals surface area contributed by atoms with Crippen LogP contribution in [0.25, 0.3) is 22.3 Å². The Morgan fingerprint density at radius 1 is 1.11 bits per heavy atom. The highest BCUT2D eigenvalue weighted by atomic mass is 19.4. The minimum atomic E-state index is -4.64. The van der Waals surface area contributed by atoms with Crippen LogP contribution in [0.3, 0.4) is 0 Å². The van der Waals surface area contributed by atoms with E-state index >= 15 is 0 Å². The molecule has 0 aliphatic heterocycles. The van der Waals surface area contributed by atoms with Crippen LogP contribution in [0.5, 0.6) is 0 Å². The summed E-state index contributed by atoms with van der Waals surface area (Å²) in [6.07, 6.45) is -6.91. The molecule has 0 bridgehead atoms. The molecule has 35 heavy (non-hydrogen) atoms. The second-order valence-corrected chi connectivity index (χ2v) is 8.28. The molecule has 3 N–H and O–H groups in total. The lowest BCUT2D eigenvalue weighted by Gasteiger charge is -2.22. The topological polar surface area (TPSA) is 96.1 Å². The van der Waals surface area contributed by atoms with Gasteiger partial charge < -0.3 is 20.2 Å².